The Labute approximate surface area is 273 Å². The lowest BCUT2D eigenvalue weighted by Crippen LogP contribution is -2.60. The molecule has 5 rings (SSSR count). The molecule has 1 saturated heterocycles. The van der Waals surface area contributed by atoms with Crippen molar-refractivity contribution in [3.8, 4) is 11.5 Å². The van der Waals surface area contributed by atoms with Gasteiger partial charge in [0.25, 0.3) is 0 Å². The smallest absolute Gasteiger partial charge is 0.479 e. The Kier molecular flexibility index (Phi) is 9.82. The van der Waals surface area contributed by atoms with Crippen molar-refractivity contribution in [1.82, 2.24) is 0 Å². The van der Waals surface area contributed by atoms with Gasteiger partial charge in [0.2, 0.25) is 12.2 Å². The van der Waals surface area contributed by atoms with Crippen molar-refractivity contribution in [1.29, 1.82) is 0 Å². The van der Waals surface area contributed by atoms with Crippen LogP contribution in [0.3, 0.4) is 0 Å². The minimum Gasteiger partial charge on any atom is -0.479 e. The lowest BCUT2D eigenvalue weighted by Gasteiger charge is -2.38. The number of anilines is 1. The topological polar surface area (TPSA) is 181 Å². The van der Waals surface area contributed by atoms with Gasteiger partial charge in [0, 0.05) is 0 Å². The van der Waals surface area contributed by atoms with Crippen LogP contribution < -0.4 is 14.8 Å². The summed E-state index contributed by atoms with van der Waals surface area (Å²) in [5.74, 6) is -9.74. The van der Waals surface area contributed by atoms with E-state index in [1.54, 1.807) is 0 Å². The van der Waals surface area contributed by atoms with Gasteiger partial charge >= 0.3 is 24.4 Å². The van der Waals surface area contributed by atoms with Crippen molar-refractivity contribution in [2.75, 3.05) is 5.32 Å². The fourth-order valence-corrected chi connectivity index (χ4v) is 5.82. The quantitative estimate of drug-likeness (QED) is 0.178. The largest absolute Gasteiger partial charge is 0.586 e. The zero-order valence-electron chi connectivity index (χ0n) is 24.7. The molecule has 1 saturated carbocycles. The highest BCUT2D eigenvalue weighted by Gasteiger charge is 2.50. The van der Waals surface area contributed by atoms with Gasteiger partial charge in [-0.25, -0.2) is 4.79 Å². The number of esters is 1. The van der Waals surface area contributed by atoms with Crippen LogP contribution in [-0.4, -0.2) is 81.4 Å². The van der Waals surface area contributed by atoms with E-state index in [0.29, 0.717) is 18.4 Å². The van der Waals surface area contributed by atoms with Gasteiger partial charge in [0.05, 0.1) is 29.0 Å². The molecule has 2 aliphatic heterocycles. The molecule has 2 aromatic carbocycles. The zero-order chi connectivity index (χ0) is 35.3. The zero-order valence-corrected chi connectivity index (χ0v) is 25.5. The van der Waals surface area contributed by atoms with E-state index in [1.165, 1.54) is 18.2 Å². The molecule has 12 nitrogen and oxygen atoms in total. The SMILES string of the molecule is C[C@H]([C@@H](C(=O)Nc1cc([C@@H](CC(=O)OC2O[C@H](C(=O)O)[C@@H](O)[C@H](O)[C@H]2O)C2CC2)ccc1Cl)c1ccc2c(c1)OC(F)(F)O2)C(F)(F)F. The van der Waals surface area contributed by atoms with Crippen molar-refractivity contribution in [2.24, 2.45) is 11.8 Å². The third-order valence-electron chi connectivity index (χ3n) is 8.40. The summed E-state index contributed by atoms with van der Waals surface area (Å²) < 4.78 is 87.7. The molecule has 1 aliphatic carbocycles. The molecule has 3 aliphatic rings. The number of rotatable bonds is 10. The lowest BCUT2D eigenvalue weighted by molar-refractivity contribution is -0.286. The lowest BCUT2D eigenvalue weighted by atomic mass is 9.85. The maximum Gasteiger partial charge on any atom is 0.586 e. The van der Waals surface area contributed by atoms with Gasteiger partial charge < -0.3 is 44.7 Å². The molecule has 0 bridgehead atoms. The first-order chi connectivity index (χ1) is 22.4. The van der Waals surface area contributed by atoms with Crippen molar-refractivity contribution >= 4 is 35.1 Å². The van der Waals surface area contributed by atoms with E-state index in [4.69, 9.17) is 21.1 Å². The monoisotopic (exact) mass is 709 g/mol. The molecule has 18 heteroatoms. The number of nitrogens with one attached hydrogen (secondary N) is 1. The summed E-state index contributed by atoms with van der Waals surface area (Å²) in [5.41, 5.74) is 0.0132. The number of alkyl halides is 5. The van der Waals surface area contributed by atoms with Gasteiger partial charge in [-0.2, -0.15) is 13.2 Å². The molecule has 1 unspecified atom stereocenters. The molecular formula is C30H29ClF5NO11. The minimum atomic E-state index is -4.89. The van der Waals surface area contributed by atoms with Crippen LogP contribution in [-0.2, 0) is 23.9 Å². The maximum atomic E-state index is 13.9. The van der Waals surface area contributed by atoms with Crippen molar-refractivity contribution in [3.63, 3.8) is 0 Å². The molecule has 262 valence electrons. The Bertz CT molecular complexity index is 1570. The Morgan fingerprint density at radius 2 is 1.65 bits per heavy atom. The molecule has 0 radical (unpaired) electrons. The summed E-state index contributed by atoms with van der Waals surface area (Å²) in [6.07, 6.45) is -17.8. The Balaban J connectivity index is 1.35. The number of hydrogen-bond donors (Lipinski definition) is 5. The molecule has 5 N–H and O–H groups in total. The molecule has 2 heterocycles. The summed E-state index contributed by atoms with van der Waals surface area (Å²) in [6.45, 7) is 0.752. The Morgan fingerprint density at radius 1 is 1.00 bits per heavy atom. The summed E-state index contributed by atoms with van der Waals surface area (Å²) in [4.78, 5) is 37.8. The number of carbonyl (C=O) groups excluding carboxylic acids is 2. The fourth-order valence-electron chi connectivity index (χ4n) is 5.66. The normalized spacial score (nSPS) is 26.7. The molecule has 48 heavy (non-hydrogen) atoms. The van der Waals surface area contributed by atoms with Crippen LogP contribution in [0.15, 0.2) is 36.4 Å². The molecule has 0 aromatic heterocycles. The first-order valence-corrected chi connectivity index (χ1v) is 14.9. The number of amides is 1. The van der Waals surface area contributed by atoms with E-state index in [-0.39, 0.29) is 28.6 Å². The number of carbonyl (C=O) groups is 3. The highest BCUT2D eigenvalue weighted by Crippen LogP contribution is 2.47. The first kappa shape index (κ1) is 35.5. The Hall–Kier alpha value is -3.77. The number of fused-ring (bicyclic) bond motifs is 1. The predicted molar refractivity (Wildman–Crippen MR) is 151 cm³/mol. The molecule has 8 atom stereocenters. The van der Waals surface area contributed by atoms with Gasteiger partial charge in [-0.3, -0.25) is 9.59 Å². The molecule has 1 amide bonds. The number of ether oxygens (including phenoxy) is 4. The van der Waals surface area contributed by atoms with Crippen LogP contribution in [0.4, 0.5) is 27.6 Å². The van der Waals surface area contributed by atoms with Gasteiger partial charge in [-0.1, -0.05) is 30.7 Å². The number of aliphatic hydroxyl groups excluding tert-OH is 3. The number of carboxylic acid groups (broad SMARTS) is 1. The summed E-state index contributed by atoms with van der Waals surface area (Å²) in [6, 6.07) is 7.09. The molecule has 2 fully saturated rings. The van der Waals surface area contributed by atoms with Gasteiger partial charge in [-0.15, -0.1) is 8.78 Å². The summed E-state index contributed by atoms with van der Waals surface area (Å²) >= 11 is 6.30. The van der Waals surface area contributed by atoms with E-state index in [0.717, 1.165) is 25.1 Å². The molecular weight excluding hydrogens is 681 g/mol. The van der Waals surface area contributed by atoms with Gasteiger partial charge in [-0.05, 0) is 60.1 Å². The minimum absolute atomic E-state index is 0.0704. The highest BCUT2D eigenvalue weighted by atomic mass is 35.5. The van der Waals surface area contributed by atoms with Crippen LogP contribution in [0, 0.1) is 11.8 Å². The maximum absolute atomic E-state index is 13.9. The van der Waals surface area contributed by atoms with E-state index in [9.17, 15) is 56.8 Å². The second kappa shape index (κ2) is 13.3. The van der Waals surface area contributed by atoms with E-state index < -0.39 is 90.3 Å². The highest BCUT2D eigenvalue weighted by molar-refractivity contribution is 6.33. The van der Waals surface area contributed by atoms with E-state index in [1.807, 2.05) is 0 Å². The Morgan fingerprint density at radius 3 is 2.27 bits per heavy atom. The summed E-state index contributed by atoms with van der Waals surface area (Å²) in [7, 11) is 0. The van der Waals surface area contributed by atoms with Crippen LogP contribution in [0.25, 0.3) is 0 Å². The predicted octanol–water partition coefficient (Wildman–Crippen LogP) is 3.90. The molecule has 0 spiro atoms. The van der Waals surface area contributed by atoms with Crippen LogP contribution in [0.2, 0.25) is 5.02 Å². The second-order valence-corrected chi connectivity index (χ2v) is 12.2. The van der Waals surface area contributed by atoms with Crippen molar-refractivity contribution < 1.29 is 75.7 Å². The third-order valence-corrected chi connectivity index (χ3v) is 8.73. The van der Waals surface area contributed by atoms with Gasteiger partial charge in [0.1, 0.15) is 18.3 Å². The number of aliphatic hydroxyl groups is 3. The second-order valence-electron chi connectivity index (χ2n) is 11.8. The van der Waals surface area contributed by atoms with E-state index >= 15 is 0 Å². The fraction of sp³-hybridized carbons (Fsp3) is 0.500. The number of carboxylic acids is 1. The van der Waals surface area contributed by atoms with Crippen LogP contribution in [0.5, 0.6) is 11.5 Å². The van der Waals surface area contributed by atoms with Crippen molar-refractivity contribution in [3.05, 3.63) is 52.5 Å². The summed E-state index contributed by atoms with van der Waals surface area (Å²) in [5, 5.41) is 41.6. The first-order valence-electron chi connectivity index (χ1n) is 14.5. The van der Waals surface area contributed by atoms with Crippen LogP contribution in [0.1, 0.15) is 49.1 Å². The van der Waals surface area contributed by atoms with Gasteiger partial charge in [0.15, 0.2) is 17.6 Å². The average Bonchev–Trinajstić information content (AvgIpc) is 3.78. The van der Waals surface area contributed by atoms with E-state index in [2.05, 4.69) is 14.8 Å². The third kappa shape index (κ3) is 7.59. The standard InChI is InChI=1S/C30H29ClF5NO11/c1-11(29(32,33)34)21(14-5-7-18-19(9-14)48-30(35,36)47-18)26(42)37-17-8-13(4-6-16(17)31)15(12-2-3-12)10-20(38)45-28-24(41)22(39)23(40)25(46-28)27(43)44/h4-9,11-12,15,21-25,28,39-41H,2-3,10H2,1H3,(H,37,42)(H,43,44)/t11-,15+,21-,22+,23+,24-,25+,28?/m1/s1. The number of halogens is 6. The number of aliphatic carboxylic acids is 1. The number of hydrogen-bond acceptors (Lipinski definition) is 10. The van der Waals surface area contributed by atoms with Crippen molar-refractivity contribution in [2.45, 2.75) is 81.2 Å². The van der Waals surface area contributed by atoms with Crippen LogP contribution >= 0.6 is 11.6 Å². The molecule has 2 aromatic rings. The number of benzene rings is 2. The average molecular weight is 710 g/mol.